The molecule has 1 aliphatic rings. The number of carbonyl (C=O) groups is 2. The van der Waals surface area contributed by atoms with E-state index in [0.29, 0.717) is 25.3 Å². The van der Waals surface area contributed by atoms with Crippen LogP contribution in [0.3, 0.4) is 0 Å². The van der Waals surface area contributed by atoms with Crippen molar-refractivity contribution in [1.29, 1.82) is 0 Å². The SMILES string of the molecule is CC(CCCNC(=O)CCC1CCNCC1)C(=O)O. The Morgan fingerprint density at radius 3 is 2.68 bits per heavy atom. The van der Waals surface area contributed by atoms with Crippen molar-refractivity contribution in [3.63, 3.8) is 0 Å². The monoisotopic (exact) mass is 270 g/mol. The summed E-state index contributed by atoms with van der Waals surface area (Å²) in [5.41, 5.74) is 0. The second-order valence-electron chi connectivity index (χ2n) is 5.46. The van der Waals surface area contributed by atoms with Crippen LogP contribution in [0.2, 0.25) is 0 Å². The summed E-state index contributed by atoms with van der Waals surface area (Å²) in [5, 5.41) is 14.9. The molecule has 5 nitrogen and oxygen atoms in total. The van der Waals surface area contributed by atoms with Gasteiger partial charge in [0.05, 0.1) is 5.92 Å². The smallest absolute Gasteiger partial charge is 0.306 e. The fraction of sp³-hybridized carbons (Fsp3) is 0.857. The highest BCUT2D eigenvalue weighted by molar-refractivity contribution is 5.75. The van der Waals surface area contributed by atoms with Crippen molar-refractivity contribution in [1.82, 2.24) is 10.6 Å². The van der Waals surface area contributed by atoms with E-state index < -0.39 is 5.97 Å². The molecule has 0 aromatic carbocycles. The molecule has 0 aliphatic carbocycles. The van der Waals surface area contributed by atoms with Crippen molar-refractivity contribution in [2.75, 3.05) is 19.6 Å². The maximum Gasteiger partial charge on any atom is 0.306 e. The molecule has 5 heteroatoms. The van der Waals surface area contributed by atoms with E-state index in [0.717, 1.165) is 25.9 Å². The van der Waals surface area contributed by atoms with Crippen molar-refractivity contribution in [3.8, 4) is 0 Å². The van der Waals surface area contributed by atoms with E-state index in [4.69, 9.17) is 5.11 Å². The molecule has 0 saturated carbocycles. The van der Waals surface area contributed by atoms with E-state index in [9.17, 15) is 9.59 Å². The van der Waals surface area contributed by atoms with Gasteiger partial charge in [-0.1, -0.05) is 6.92 Å². The number of rotatable bonds is 8. The summed E-state index contributed by atoms with van der Waals surface area (Å²) in [6.07, 6.45) is 5.25. The molecule has 110 valence electrons. The molecule has 1 unspecified atom stereocenters. The first-order chi connectivity index (χ1) is 9.09. The Hall–Kier alpha value is -1.10. The number of aliphatic carboxylic acids is 1. The van der Waals surface area contributed by atoms with Crippen LogP contribution in [0, 0.1) is 11.8 Å². The zero-order valence-corrected chi connectivity index (χ0v) is 11.8. The van der Waals surface area contributed by atoms with Gasteiger partial charge in [-0.25, -0.2) is 0 Å². The third-order valence-electron chi connectivity index (χ3n) is 3.80. The van der Waals surface area contributed by atoms with Crippen LogP contribution in [0.5, 0.6) is 0 Å². The van der Waals surface area contributed by atoms with E-state index in [1.54, 1.807) is 6.92 Å². The number of nitrogens with one attached hydrogen (secondary N) is 2. The lowest BCUT2D eigenvalue weighted by molar-refractivity contribution is -0.141. The van der Waals surface area contributed by atoms with Gasteiger partial charge in [-0.15, -0.1) is 0 Å². The molecule has 1 rings (SSSR count). The third kappa shape index (κ3) is 7.15. The minimum atomic E-state index is -0.766. The standard InChI is InChI=1S/C14H26N2O3/c1-11(14(18)19)3-2-8-16-13(17)5-4-12-6-9-15-10-7-12/h11-12,15H,2-10H2,1H3,(H,16,17)(H,18,19). The number of hydrogen-bond acceptors (Lipinski definition) is 3. The normalized spacial score (nSPS) is 17.9. The molecule has 1 fully saturated rings. The minimum Gasteiger partial charge on any atom is -0.481 e. The van der Waals surface area contributed by atoms with Crippen LogP contribution in [0.25, 0.3) is 0 Å². The lowest BCUT2D eigenvalue weighted by atomic mass is 9.93. The molecule has 3 N–H and O–H groups in total. The van der Waals surface area contributed by atoms with Crippen LogP contribution in [0.4, 0.5) is 0 Å². The predicted molar refractivity (Wildman–Crippen MR) is 73.9 cm³/mol. The maximum atomic E-state index is 11.6. The second-order valence-corrected chi connectivity index (χ2v) is 5.46. The second kappa shape index (κ2) is 8.91. The quantitative estimate of drug-likeness (QED) is 0.582. The first kappa shape index (κ1) is 16.0. The van der Waals surface area contributed by atoms with E-state index in [1.807, 2.05) is 0 Å². The fourth-order valence-corrected chi connectivity index (χ4v) is 2.35. The number of carboxylic acid groups (broad SMARTS) is 1. The lowest BCUT2D eigenvalue weighted by Gasteiger charge is -2.22. The third-order valence-corrected chi connectivity index (χ3v) is 3.80. The van der Waals surface area contributed by atoms with Crippen LogP contribution < -0.4 is 10.6 Å². The van der Waals surface area contributed by atoms with Gasteiger partial charge in [-0.05, 0) is 51.1 Å². The molecule has 0 spiro atoms. The highest BCUT2D eigenvalue weighted by Gasteiger charge is 2.14. The van der Waals surface area contributed by atoms with Gasteiger partial charge in [0.15, 0.2) is 0 Å². The first-order valence-electron chi connectivity index (χ1n) is 7.30. The number of amides is 1. The predicted octanol–water partition coefficient (Wildman–Crippen LogP) is 1.38. The molecule has 0 radical (unpaired) electrons. The summed E-state index contributed by atoms with van der Waals surface area (Å²) < 4.78 is 0. The van der Waals surface area contributed by atoms with E-state index in [-0.39, 0.29) is 11.8 Å². The highest BCUT2D eigenvalue weighted by Crippen LogP contribution is 2.17. The Balaban J connectivity index is 2.00. The van der Waals surface area contributed by atoms with Crippen LogP contribution in [-0.4, -0.2) is 36.6 Å². The van der Waals surface area contributed by atoms with Gasteiger partial charge in [0.2, 0.25) is 5.91 Å². The molecule has 1 saturated heterocycles. The Morgan fingerprint density at radius 1 is 1.37 bits per heavy atom. The van der Waals surface area contributed by atoms with Gasteiger partial charge in [0.25, 0.3) is 0 Å². The molecule has 0 bridgehead atoms. The van der Waals surface area contributed by atoms with Gasteiger partial charge in [-0.2, -0.15) is 0 Å². The lowest BCUT2D eigenvalue weighted by Crippen LogP contribution is -2.29. The molecule has 19 heavy (non-hydrogen) atoms. The topological polar surface area (TPSA) is 78.4 Å². The Labute approximate surface area is 115 Å². The summed E-state index contributed by atoms with van der Waals surface area (Å²) in [4.78, 5) is 22.2. The number of piperidine rings is 1. The van der Waals surface area contributed by atoms with Gasteiger partial charge >= 0.3 is 5.97 Å². The van der Waals surface area contributed by atoms with Crippen LogP contribution >= 0.6 is 0 Å². The average Bonchev–Trinajstić information content (AvgIpc) is 2.42. The molecular weight excluding hydrogens is 244 g/mol. The maximum absolute atomic E-state index is 11.6. The summed E-state index contributed by atoms with van der Waals surface area (Å²) in [7, 11) is 0. The van der Waals surface area contributed by atoms with E-state index in [2.05, 4.69) is 10.6 Å². The fourth-order valence-electron chi connectivity index (χ4n) is 2.35. The highest BCUT2D eigenvalue weighted by atomic mass is 16.4. The summed E-state index contributed by atoms with van der Waals surface area (Å²) in [6.45, 7) is 4.42. The van der Waals surface area contributed by atoms with Crippen LogP contribution in [-0.2, 0) is 9.59 Å². The Morgan fingerprint density at radius 2 is 2.05 bits per heavy atom. The van der Waals surface area contributed by atoms with Crippen LogP contribution in [0.15, 0.2) is 0 Å². The van der Waals surface area contributed by atoms with Crippen molar-refractivity contribution >= 4 is 11.9 Å². The largest absolute Gasteiger partial charge is 0.481 e. The van der Waals surface area contributed by atoms with Crippen molar-refractivity contribution in [2.45, 2.75) is 45.4 Å². The average molecular weight is 270 g/mol. The molecule has 1 atom stereocenters. The van der Waals surface area contributed by atoms with E-state index in [1.165, 1.54) is 12.8 Å². The van der Waals surface area contributed by atoms with Crippen LogP contribution in [0.1, 0.15) is 45.4 Å². The Kier molecular flexibility index (Phi) is 7.48. The summed E-state index contributed by atoms with van der Waals surface area (Å²) in [6, 6.07) is 0. The summed E-state index contributed by atoms with van der Waals surface area (Å²) in [5.74, 6) is -0.315. The summed E-state index contributed by atoms with van der Waals surface area (Å²) >= 11 is 0. The molecule has 1 aliphatic heterocycles. The number of carboxylic acids is 1. The number of hydrogen-bond donors (Lipinski definition) is 3. The zero-order chi connectivity index (χ0) is 14.1. The van der Waals surface area contributed by atoms with Crippen molar-refractivity contribution in [3.05, 3.63) is 0 Å². The van der Waals surface area contributed by atoms with E-state index >= 15 is 0 Å². The Bertz CT molecular complexity index is 288. The molecular formula is C14H26N2O3. The minimum absolute atomic E-state index is 0.0986. The molecule has 1 heterocycles. The van der Waals surface area contributed by atoms with Crippen molar-refractivity contribution < 1.29 is 14.7 Å². The molecule has 0 aromatic heterocycles. The molecule has 0 aromatic rings. The first-order valence-corrected chi connectivity index (χ1v) is 7.30. The zero-order valence-electron chi connectivity index (χ0n) is 11.8. The molecule has 1 amide bonds. The van der Waals surface area contributed by atoms with Gasteiger partial charge in [0.1, 0.15) is 0 Å². The van der Waals surface area contributed by atoms with Crippen molar-refractivity contribution in [2.24, 2.45) is 11.8 Å². The van der Waals surface area contributed by atoms with Gasteiger partial charge in [-0.3, -0.25) is 9.59 Å². The van der Waals surface area contributed by atoms with Gasteiger partial charge in [0, 0.05) is 13.0 Å². The number of carbonyl (C=O) groups excluding carboxylic acids is 1. The van der Waals surface area contributed by atoms with Gasteiger partial charge < -0.3 is 15.7 Å².